The monoisotopic (exact) mass is 527 g/mol. The molecule has 39 heavy (non-hydrogen) atoms. The Morgan fingerprint density at radius 3 is 1.90 bits per heavy atom. The number of aliphatic hydroxyl groups is 1. The average Bonchev–Trinajstić information content (AvgIpc) is 3.30. The molecule has 1 aliphatic heterocycles. The number of aliphatic hydroxyl groups excluding tert-OH is 1. The van der Waals surface area contributed by atoms with Crippen molar-refractivity contribution in [2.45, 2.75) is 6.42 Å². The molecule has 0 radical (unpaired) electrons. The van der Waals surface area contributed by atoms with E-state index < -0.39 is 30.4 Å². The summed E-state index contributed by atoms with van der Waals surface area (Å²) in [5.74, 6) is -1.02. The first kappa shape index (κ1) is 27.0. The highest BCUT2D eigenvalue weighted by Gasteiger charge is 2.25. The van der Waals surface area contributed by atoms with Gasteiger partial charge < -0.3 is 19.3 Å². The first-order valence-corrected chi connectivity index (χ1v) is 12.0. The molecule has 0 aromatic heterocycles. The number of imide groups is 1. The molecular weight excluding hydrogens is 502 g/mol. The van der Waals surface area contributed by atoms with E-state index in [2.05, 4.69) is 6.58 Å². The fraction of sp³-hybridized carbons (Fsp3) is 0.133. The van der Waals surface area contributed by atoms with Gasteiger partial charge in [-0.2, -0.15) is 0 Å². The number of rotatable bonds is 11. The maximum Gasteiger partial charge on any atom is 0.343 e. The lowest BCUT2D eigenvalue weighted by molar-refractivity contribution is -0.139. The molecule has 3 aromatic rings. The maximum atomic E-state index is 12.5. The van der Waals surface area contributed by atoms with Gasteiger partial charge in [0, 0.05) is 18.6 Å². The molecule has 0 spiro atoms. The molecule has 0 aliphatic carbocycles. The lowest BCUT2D eigenvalue weighted by Gasteiger charge is -2.14. The maximum absolute atomic E-state index is 12.5. The van der Waals surface area contributed by atoms with Gasteiger partial charge in [0.15, 0.2) is 0 Å². The van der Waals surface area contributed by atoms with Gasteiger partial charge in [0.05, 0.1) is 36.6 Å². The van der Waals surface area contributed by atoms with Crippen molar-refractivity contribution in [1.29, 1.82) is 0 Å². The number of hydrogen-bond donors (Lipinski definition) is 1. The Kier molecular flexibility index (Phi) is 8.65. The smallest absolute Gasteiger partial charge is 0.343 e. The average molecular weight is 528 g/mol. The van der Waals surface area contributed by atoms with Gasteiger partial charge in [-0.3, -0.25) is 9.59 Å². The van der Waals surface area contributed by atoms with E-state index in [-0.39, 0.29) is 17.7 Å². The lowest BCUT2D eigenvalue weighted by Crippen LogP contribution is -2.29. The summed E-state index contributed by atoms with van der Waals surface area (Å²) in [4.78, 5) is 48.6. The zero-order valence-electron chi connectivity index (χ0n) is 20.9. The van der Waals surface area contributed by atoms with Crippen LogP contribution in [0.4, 0.5) is 5.69 Å². The van der Waals surface area contributed by atoms with E-state index in [0.29, 0.717) is 30.2 Å². The molecule has 0 bridgehead atoms. The third-order valence-electron chi connectivity index (χ3n) is 5.69. The molecule has 1 aliphatic rings. The summed E-state index contributed by atoms with van der Waals surface area (Å²) in [6, 6.07) is 20.5. The normalized spacial score (nSPS) is 12.4. The molecule has 0 saturated carbocycles. The number of carbonyl (C=O) groups excluding carboxylic acids is 4. The van der Waals surface area contributed by atoms with E-state index in [1.165, 1.54) is 36.4 Å². The van der Waals surface area contributed by atoms with Gasteiger partial charge >= 0.3 is 11.9 Å². The Bertz CT molecular complexity index is 1390. The van der Waals surface area contributed by atoms with Crippen molar-refractivity contribution in [3.63, 3.8) is 0 Å². The van der Waals surface area contributed by atoms with Gasteiger partial charge in [-0.1, -0.05) is 30.8 Å². The number of hydrogen-bond acceptors (Lipinski definition) is 8. The summed E-state index contributed by atoms with van der Waals surface area (Å²) in [5.41, 5.74) is 2.51. The predicted octanol–water partition coefficient (Wildman–Crippen LogP) is 3.86. The number of benzene rings is 3. The molecule has 3 aromatic carbocycles. The van der Waals surface area contributed by atoms with Crippen molar-refractivity contribution < 1.29 is 38.5 Å². The van der Waals surface area contributed by atoms with E-state index in [4.69, 9.17) is 19.3 Å². The second kappa shape index (κ2) is 12.5. The largest absolute Gasteiger partial charge is 0.493 e. The van der Waals surface area contributed by atoms with Gasteiger partial charge in [-0.15, -0.1) is 0 Å². The predicted molar refractivity (Wildman–Crippen MR) is 142 cm³/mol. The van der Waals surface area contributed by atoms with Crippen molar-refractivity contribution in [2.75, 3.05) is 24.7 Å². The minimum atomic E-state index is -0.621. The second-order valence-electron chi connectivity index (χ2n) is 8.43. The van der Waals surface area contributed by atoms with Crippen LogP contribution in [0, 0.1) is 0 Å². The number of nitrogens with zero attached hydrogens (tertiary/aromatic N) is 1. The Hall–Kier alpha value is -5.02. The number of carbonyl (C=O) groups is 4. The summed E-state index contributed by atoms with van der Waals surface area (Å²) < 4.78 is 16.1. The first-order valence-electron chi connectivity index (χ1n) is 12.0. The third kappa shape index (κ3) is 6.85. The van der Waals surface area contributed by atoms with Crippen molar-refractivity contribution >= 4 is 29.4 Å². The molecule has 9 nitrogen and oxygen atoms in total. The number of anilines is 1. The molecule has 198 valence electrons. The van der Waals surface area contributed by atoms with Crippen molar-refractivity contribution in [3.05, 3.63) is 103 Å². The Morgan fingerprint density at radius 2 is 1.33 bits per heavy atom. The molecule has 0 atom stereocenters. The van der Waals surface area contributed by atoms with E-state index in [1.54, 1.807) is 12.1 Å². The van der Waals surface area contributed by atoms with Crippen LogP contribution in [0.2, 0.25) is 0 Å². The molecule has 4 rings (SSSR count). The first-order chi connectivity index (χ1) is 18.9. The van der Waals surface area contributed by atoms with Crippen molar-refractivity contribution in [3.8, 4) is 22.6 Å². The summed E-state index contributed by atoms with van der Waals surface area (Å²) in [6.45, 7) is 3.49. The van der Waals surface area contributed by atoms with E-state index in [9.17, 15) is 19.2 Å². The molecule has 0 unspecified atom stereocenters. The SMILES string of the molecule is C=C(CO)C(=O)OCCCOc1ccc(-c2ccc(OC(=O)c3ccc(N4C(=O)C=CC4=O)cc3)cc2)cc1. The van der Waals surface area contributed by atoms with Crippen LogP contribution in [-0.2, 0) is 19.1 Å². The Labute approximate surface area is 224 Å². The van der Waals surface area contributed by atoms with Gasteiger partial charge in [-0.25, -0.2) is 14.5 Å². The molecule has 9 heteroatoms. The van der Waals surface area contributed by atoms with Crippen molar-refractivity contribution in [1.82, 2.24) is 0 Å². The molecule has 1 N–H and O–H groups in total. The van der Waals surface area contributed by atoms with Crippen LogP contribution in [0.15, 0.2) is 97.1 Å². The highest BCUT2D eigenvalue weighted by atomic mass is 16.5. The van der Waals surface area contributed by atoms with Crippen LogP contribution >= 0.6 is 0 Å². The van der Waals surface area contributed by atoms with Crippen LogP contribution in [0.3, 0.4) is 0 Å². The van der Waals surface area contributed by atoms with Crippen LogP contribution < -0.4 is 14.4 Å². The second-order valence-corrected chi connectivity index (χ2v) is 8.43. The quantitative estimate of drug-likeness (QED) is 0.131. The van der Waals surface area contributed by atoms with Gasteiger partial charge in [-0.05, 0) is 59.7 Å². The zero-order chi connectivity index (χ0) is 27.8. The highest BCUT2D eigenvalue weighted by Crippen LogP contribution is 2.26. The molecule has 2 amide bonds. The molecular formula is C30H25NO8. The highest BCUT2D eigenvalue weighted by molar-refractivity contribution is 6.28. The summed E-state index contributed by atoms with van der Waals surface area (Å²) in [6.07, 6.45) is 2.88. The van der Waals surface area contributed by atoms with E-state index in [0.717, 1.165) is 16.0 Å². The van der Waals surface area contributed by atoms with Crippen LogP contribution in [0.25, 0.3) is 11.1 Å². The van der Waals surface area contributed by atoms with E-state index >= 15 is 0 Å². The Balaban J connectivity index is 1.26. The zero-order valence-corrected chi connectivity index (χ0v) is 20.9. The number of ether oxygens (including phenoxy) is 3. The Morgan fingerprint density at radius 1 is 0.769 bits per heavy atom. The van der Waals surface area contributed by atoms with E-state index in [1.807, 2.05) is 36.4 Å². The lowest BCUT2D eigenvalue weighted by atomic mass is 10.1. The fourth-order valence-corrected chi connectivity index (χ4v) is 3.61. The van der Waals surface area contributed by atoms with Crippen molar-refractivity contribution in [2.24, 2.45) is 0 Å². The summed E-state index contributed by atoms with van der Waals surface area (Å²) in [7, 11) is 0. The van der Waals surface area contributed by atoms with Crippen LogP contribution in [-0.4, -0.2) is 48.7 Å². The fourth-order valence-electron chi connectivity index (χ4n) is 3.61. The summed E-state index contributed by atoms with van der Waals surface area (Å²) >= 11 is 0. The number of amides is 2. The minimum absolute atomic E-state index is 0.0118. The van der Waals surface area contributed by atoms with Crippen LogP contribution in [0.5, 0.6) is 11.5 Å². The molecule has 1 heterocycles. The number of esters is 2. The third-order valence-corrected chi connectivity index (χ3v) is 5.69. The van der Waals surface area contributed by atoms with Gasteiger partial charge in [0.2, 0.25) is 0 Å². The standard InChI is InChI=1S/C30H25NO8/c1-20(19-32)29(35)38-18-2-17-37-25-11-5-21(6-12-25)22-7-13-26(14-8-22)39-30(36)23-3-9-24(10-4-23)31-27(33)15-16-28(31)34/h3-16,32H,1-2,17-19H2. The van der Waals surface area contributed by atoms with Gasteiger partial charge in [0.1, 0.15) is 11.5 Å². The topological polar surface area (TPSA) is 119 Å². The summed E-state index contributed by atoms with van der Waals surface area (Å²) in [5, 5.41) is 8.84. The van der Waals surface area contributed by atoms with Gasteiger partial charge in [0.25, 0.3) is 11.8 Å². The molecule has 0 saturated heterocycles. The molecule has 0 fully saturated rings. The van der Waals surface area contributed by atoms with Crippen LogP contribution in [0.1, 0.15) is 16.8 Å². The minimum Gasteiger partial charge on any atom is -0.493 e.